The molecule has 0 aliphatic carbocycles. The summed E-state index contributed by atoms with van der Waals surface area (Å²) in [5.41, 5.74) is 3.49. The monoisotopic (exact) mass is 378 g/mol. The molecule has 2 aromatic heterocycles. The smallest absolute Gasteiger partial charge is 0.227 e. The van der Waals surface area contributed by atoms with Crippen molar-refractivity contribution in [2.45, 2.75) is 19.3 Å². The fourth-order valence-electron chi connectivity index (χ4n) is 3.10. The second-order valence-corrected chi connectivity index (χ2v) is 7.25. The van der Waals surface area contributed by atoms with Crippen LogP contribution < -0.4 is 10.6 Å². The lowest BCUT2D eigenvalue weighted by Crippen LogP contribution is -2.30. The van der Waals surface area contributed by atoms with Gasteiger partial charge in [-0.2, -0.15) is 0 Å². The van der Waals surface area contributed by atoms with Crippen LogP contribution in [0.25, 0.3) is 11.4 Å². The van der Waals surface area contributed by atoms with E-state index in [1.165, 1.54) is 11.3 Å². The summed E-state index contributed by atoms with van der Waals surface area (Å²) in [7, 11) is 0. The Bertz CT molecular complexity index is 971. The number of aromatic nitrogens is 2. The van der Waals surface area contributed by atoms with Crippen LogP contribution in [0.3, 0.4) is 0 Å². The maximum Gasteiger partial charge on any atom is 0.227 e. The van der Waals surface area contributed by atoms with Crippen molar-refractivity contribution in [1.29, 1.82) is 0 Å². The molecule has 2 N–H and O–H groups in total. The maximum absolute atomic E-state index is 12.3. The largest absolute Gasteiger partial charge is 0.326 e. The summed E-state index contributed by atoms with van der Waals surface area (Å²) in [5.74, 6) is -0.345. The Labute approximate surface area is 160 Å². The summed E-state index contributed by atoms with van der Waals surface area (Å²) in [4.78, 5) is 33.1. The summed E-state index contributed by atoms with van der Waals surface area (Å²) in [6, 6.07) is 13.4. The van der Waals surface area contributed by atoms with Crippen molar-refractivity contribution in [3.8, 4) is 11.4 Å². The number of thiazole rings is 1. The number of amides is 2. The molecule has 1 aromatic carbocycles. The van der Waals surface area contributed by atoms with Gasteiger partial charge in [0.25, 0.3) is 0 Å². The van der Waals surface area contributed by atoms with E-state index in [-0.39, 0.29) is 24.2 Å². The highest BCUT2D eigenvalue weighted by Gasteiger charge is 2.26. The van der Waals surface area contributed by atoms with E-state index in [0.29, 0.717) is 18.0 Å². The van der Waals surface area contributed by atoms with Crippen molar-refractivity contribution in [3.63, 3.8) is 0 Å². The number of fused-ring (bicyclic) bond motifs is 1. The molecule has 2 amide bonds. The van der Waals surface area contributed by atoms with Gasteiger partial charge in [-0.25, -0.2) is 4.98 Å². The van der Waals surface area contributed by atoms with E-state index in [2.05, 4.69) is 20.6 Å². The van der Waals surface area contributed by atoms with E-state index >= 15 is 0 Å². The average molecular weight is 378 g/mol. The third-order valence-electron chi connectivity index (χ3n) is 4.51. The summed E-state index contributed by atoms with van der Waals surface area (Å²) in [6.07, 6.45) is 3.15. The van der Waals surface area contributed by atoms with Crippen LogP contribution in [0.15, 0.2) is 54.0 Å². The van der Waals surface area contributed by atoms with Crippen molar-refractivity contribution in [3.05, 3.63) is 59.6 Å². The predicted octanol–water partition coefficient (Wildman–Crippen LogP) is 3.73. The van der Waals surface area contributed by atoms with Crippen molar-refractivity contribution in [2.24, 2.45) is 5.92 Å². The second-order valence-electron chi connectivity index (χ2n) is 6.39. The first-order valence-corrected chi connectivity index (χ1v) is 9.62. The number of hydrogen-bond acceptors (Lipinski definition) is 5. The fourth-order valence-corrected chi connectivity index (χ4v) is 3.82. The third-order valence-corrected chi connectivity index (χ3v) is 5.27. The minimum Gasteiger partial charge on any atom is -0.326 e. The molecule has 6 nitrogen and oxygen atoms in total. The van der Waals surface area contributed by atoms with Crippen LogP contribution in [0.5, 0.6) is 0 Å². The van der Waals surface area contributed by atoms with Crippen LogP contribution in [0, 0.1) is 5.92 Å². The van der Waals surface area contributed by atoms with Gasteiger partial charge >= 0.3 is 0 Å². The summed E-state index contributed by atoms with van der Waals surface area (Å²) in [5, 5.41) is 8.14. The quantitative estimate of drug-likeness (QED) is 0.708. The number of hydrogen-bond donors (Lipinski definition) is 2. The molecule has 0 saturated heterocycles. The Morgan fingerprint density at radius 3 is 2.89 bits per heavy atom. The van der Waals surface area contributed by atoms with E-state index in [1.54, 1.807) is 6.20 Å². The molecular formula is C20H18N4O2S. The molecule has 7 heteroatoms. The summed E-state index contributed by atoms with van der Waals surface area (Å²) < 4.78 is 0. The van der Waals surface area contributed by atoms with E-state index in [9.17, 15) is 9.59 Å². The minimum absolute atomic E-state index is 0.0202. The zero-order chi connectivity index (χ0) is 18.6. The molecule has 0 spiro atoms. The third kappa shape index (κ3) is 4.03. The van der Waals surface area contributed by atoms with Crippen molar-refractivity contribution >= 4 is 34.0 Å². The van der Waals surface area contributed by atoms with Gasteiger partial charge in [-0.1, -0.05) is 24.3 Å². The normalized spacial score (nSPS) is 15.7. The van der Waals surface area contributed by atoms with E-state index < -0.39 is 0 Å². The predicted molar refractivity (Wildman–Crippen MR) is 105 cm³/mol. The number of benzene rings is 1. The van der Waals surface area contributed by atoms with E-state index in [4.69, 9.17) is 0 Å². The minimum atomic E-state index is -0.189. The van der Waals surface area contributed by atoms with Gasteiger partial charge in [0.15, 0.2) is 5.13 Å². The van der Waals surface area contributed by atoms with Crippen LogP contribution in [0.2, 0.25) is 0 Å². The Kier molecular flexibility index (Phi) is 4.93. The number of para-hydroxylation sites is 1. The SMILES string of the molecule is O=C(CC[C@H]1Cc2ccccc2NC1=O)Nc1nc(-c2ccccn2)cs1. The molecule has 1 atom stereocenters. The molecule has 1 aliphatic heterocycles. The highest BCUT2D eigenvalue weighted by molar-refractivity contribution is 7.14. The van der Waals surface area contributed by atoms with Gasteiger partial charge in [-0.15, -0.1) is 11.3 Å². The van der Waals surface area contributed by atoms with Crippen LogP contribution in [0.1, 0.15) is 18.4 Å². The Hall–Kier alpha value is -3.06. The first-order valence-electron chi connectivity index (χ1n) is 8.74. The van der Waals surface area contributed by atoms with E-state index in [1.807, 2.05) is 47.8 Å². The number of carbonyl (C=O) groups excluding carboxylic acids is 2. The Morgan fingerprint density at radius 1 is 1.19 bits per heavy atom. The van der Waals surface area contributed by atoms with Crippen LogP contribution in [0.4, 0.5) is 10.8 Å². The zero-order valence-corrected chi connectivity index (χ0v) is 15.3. The summed E-state index contributed by atoms with van der Waals surface area (Å²) >= 11 is 1.36. The van der Waals surface area contributed by atoms with Gasteiger partial charge < -0.3 is 10.6 Å². The maximum atomic E-state index is 12.3. The lowest BCUT2D eigenvalue weighted by atomic mass is 9.89. The van der Waals surface area contributed by atoms with Gasteiger partial charge in [0.2, 0.25) is 11.8 Å². The number of anilines is 2. The summed E-state index contributed by atoms with van der Waals surface area (Å²) in [6.45, 7) is 0. The lowest BCUT2D eigenvalue weighted by Gasteiger charge is -2.24. The molecule has 136 valence electrons. The number of rotatable bonds is 5. The van der Waals surface area contributed by atoms with Gasteiger partial charge in [-0.05, 0) is 36.6 Å². The van der Waals surface area contributed by atoms with Gasteiger partial charge in [0.05, 0.1) is 5.69 Å². The first-order chi connectivity index (χ1) is 13.2. The average Bonchev–Trinajstić information content (AvgIpc) is 3.15. The topological polar surface area (TPSA) is 84.0 Å². The van der Waals surface area contributed by atoms with Crippen molar-refractivity contribution in [2.75, 3.05) is 10.6 Å². The van der Waals surface area contributed by atoms with Crippen LogP contribution >= 0.6 is 11.3 Å². The number of pyridine rings is 1. The number of carbonyl (C=O) groups is 2. The Morgan fingerprint density at radius 2 is 2.04 bits per heavy atom. The number of nitrogens with one attached hydrogen (secondary N) is 2. The van der Waals surface area contributed by atoms with Gasteiger partial charge in [-0.3, -0.25) is 14.6 Å². The van der Waals surface area contributed by atoms with Gasteiger partial charge in [0.1, 0.15) is 5.69 Å². The van der Waals surface area contributed by atoms with Crippen LogP contribution in [-0.2, 0) is 16.0 Å². The molecule has 3 heterocycles. The molecule has 3 aromatic rings. The van der Waals surface area contributed by atoms with E-state index in [0.717, 1.165) is 22.6 Å². The van der Waals surface area contributed by atoms with Crippen molar-refractivity contribution in [1.82, 2.24) is 9.97 Å². The second kappa shape index (κ2) is 7.67. The fraction of sp³-hybridized carbons (Fsp3) is 0.200. The molecular weight excluding hydrogens is 360 g/mol. The van der Waals surface area contributed by atoms with Gasteiger partial charge in [0, 0.05) is 29.6 Å². The zero-order valence-electron chi connectivity index (χ0n) is 14.5. The molecule has 0 bridgehead atoms. The molecule has 27 heavy (non-hydrogen) atoms. The molecule has 0 unspecified atom stereocenters. The standard InChI is InChI=1S/C20H18N4O2S/c25-18(24-20-23-17(12-27-20)16-7-3-4-10-21-16)9-8-14-11-13-5-1-2-6-15(13)22-19(14)26/h1-7,10,12,14H,8-9,11H2,(H,22,26)(H,23,24,25)/t14-/m0/s1. The molecule has 0 radical (unpaired) electrons. The molecule has 0 saturated carbocycles. The Balaban J connectivity index is 1.33. The van der Waals surface area contributed by atoms with Crippen LogP contribution in [-0.4, -0.2) is 21.8 Å². The number of nitrogens with zero attached hydrogens (tertiary/aromatic N) is 2. The molecule has 1 aliphatic rings. The first kappa shape index (κ1) is 17.4. The highest BCUT2D eigenvalue weighted by Crippen LogP contribution is 2.28. The molecule has 4 rings (SSSR count). The lowest BCUT2D eigenvalue weighted by molar-refractivity contribution is -0.121. The molecule has 0 fully saturated rings. The van der Waals surface area contributed by atoms with Crippen molar-refractivity contribution < 1.29 is 9.59 Å². The highest BCUT2D eigenvalue weighted by atomic mass is 32.1.